The van der Waals surface area contributed by atoms with E-state index in [1.54, 1.807) is 0 Å². The maximum absolute atomic E-state index is 12.6. The second-order valence-electron chi connectivity index (χ2n) is 15.3. The summed E-state index contributed by atoms with van der Waals surface area (Å²) in [5.74, 6) is 1.66. The molecule has 0 saturated heterocycles. The number of hydrogen-bond acceptors (Lipinski definition) is 6. The Kier molecular flexibility index (Phi) is 9.76. The molecule has 0 spiro atoms. The van der Waals surface area contributed by atoms with Crippen molar-refractivity contribution in [2.24, 2.45) is 11.8 Å². The van der Waals surface area contributed by atoms with E-state index in [1.165, 1.54) is 5.56 Å². The summed E-state index contributed by atoms with van der Waals surface area (Å²) in [7, 11) is 0. The monoisotopic (exact) mass is 654 g/mol. The fourth-order valence-electron chi connectivity index (χ4n) is 5.91. The van der Waals surface area contributed by atoms with Gasteiger partial charge in [0.1, 0.15) is 22.9 Å². The van der Waals surface area contributed by atoms with Gasteiger partial charge in [0, 0.05) is 17.3 Å². The Bertz CT molecular complexity index is 1750. The zero-order chi connectivity index (χ0) is 35.0. The van der Waals surface area contributed by atoms with Gasteiger partial charge in [0.25, 0.3) is 0 Å². The largest absolute Gasteiger partial charge is 0.444 e. The van der Waals surface area contributed by atoms with Crippen LogP contribution in [0.1, 0.15) is 104 Å². The van der Waals surface area contributed by atoms with Crippen LogP contribution in [0.4, 0.5) is 9.59 Å². The van der Waals surface area contributed by atoms with Crippen LogP contribution < -0.4 is 10.6 Å². The van der Waals surface area contributed by atoms with Crippen LogP contribution in [0.25, 0.3) is 33.6 Å². The molecule has 0 bridgehead atoms. The number of H-pyrrole nitrogens is 2. The van der Waals surface area contributed by atoms with E-state index >= 15 is 0 Å². The van der Waals surface area contributed by atoms with E-state index in [0.29, 0.717) is 5.82 Å². The predicted molar refractivity (Wildman–Crippen MR) is 188 cm³/mol. The maximum atomic E-state index is 12.6. The number of rotatable bonds is 8. The summed E-state index contributed by atoms with van der Waals surface area (Å²) in [4.78, 5) is 41.6. The lowest BCUT2D eigenvalue weighted by Crippen LogP contribution is -2.37. The molecule has 5 rings (SSSR count). The van der Waals surface area contributed by atoms with Crippen molar-refractivity contribution >= 4 is 12.2 Å². The molecule has 256 valence electrons. The minimum Gasteiger partial charge on any atom is -0.444 e. The number of aryl methyl sites for hydroxylation is 2. The average Bonchev–Trinajstić information content (AvgIpc) is 3.64. The van der Waals surface area contributed by atoms with Crippen molar-refractivity contribution in [2.45, 2.75) is 105 Å². The van der Waals surface area contributed by atoms with Crippen molar-refractivity contribution in [3.05, 3.63) is 71.6 Å². The normalized spacial score (nSPS) is 14.2. The zero-order valence-corrected chi connectivity index (χ0v) is 29.9. The second kappa shape index (κ2) is 13.5. The number of aromatic nitrogens is 4. The SMILES string of the molecule is CC(C)[C@H](NC(=O)OC(C)(C)C)c1nc(-c2ccc(-c3ccc4c(c3)CCc3nc([C@@H](NC(=O)OC(C)(C)C)C(C)C)[nH]c3-4)cc2)c[nH]1. The van der Waals surface area contributed by atoms with Crippen molar-refractivity contribution in [1.29, 1.82) is 0 Å². The van der Waals surface area contributed by atoms with Crippen molar-refractivity contribution in [3.63, 3.8) is 0 Å². The number of ether oxygens (including phenoxy) is 2. The van der Waals surface area contributed by atoms with Crippen LogP contribution in [0, 0.1) is 11.8 Å². The van der Waals surface area contributed by atoms with Gasteiger partial charge in [-0.15, -0.1) is 0 Å². The Morgan fingerprint density at radius 2 is 1.27 bits per heavy atom. The summed E-state index contributed by atoms with van der Waals surface area (Å²) in [6.45, 7) is 19.3. The van der Waals surface area contributed by atoms with E-state index < -0.39 is 23.4 Å². The Labute approximate surface area is 283 Å². The van der Waals surface area contributed by atoms with Crippen LogP contribution in [-0.2, 0) is 22.3 Å². The molecule has 2 aromatic carbocycles. The Balaban J connectivity index is 1.32. The predicted octanol–water partition coefficient (Wildman–Crippen LogP) is 8.68. The van der Waals surface area contributed by atoms with Gasteiger partial charge in [-0.2, -0.15) is 0 Å². The van der Waals surface area contributed by atoms with Crippen LogP contribution in [0.5, 0.6) is 0 Å². The van der Waals surface area contributed by atoms with Gasteiger partial charge in [-0.25, -0.2) is 19.6 Å². The third-order valence-corrected chi connectivity index (χ3v) is 8.18. The van der Waals surface area contributed by atoms with E-state index in [9.17, 15) is 9.59 Å². The smallest absolute Gasteiger partial charge is 0.408 e. The van der Waals surface area contributed by atoms with Gasteiger partial charge in [-0.1, -0.05) is 70.2 Å². The molecule has 1 aliphatic carbocycles. The van der Waals surface area contributed by atoms with Crippen molar-refractivity contribution in [1.82, 2.24) is 30.6 Å². The lowest BCUT2D eigenvalue weighted by molar-refractivity contribution is 0.0475. The number of amides is 2. The molecule has 2 amide bonds. The van der Waals surface area contributed by atoms with E-state index in [1.807, 2.05) is 61.6 Å². The summed E-state index contributed by atoms with van der Waals surface area (Å²) in [6, 6.07) is 14.3. The molecular formula is C38H50N6O4. The van der Waals surface area contributed by atoms with Crippen LogP contribution >= 0.6 is 0 Å². The molecule has 4 N–H and O–H groups in total. The number of carbonyl (C=O) groups is 2. The Morgan fingerprint density at radius 3 is 1.83 bits per heavy atom. The molecule has 0 unspecified atom stereocenters. The Morgan fingerprint density at radius 1 is 0.729 bits per heavy atom. The van der Waals surface area contributed by atoms with Gasteiger partial charge >= 0.3 is 12.2 Å². The van der Waals surface area contributed by atoms with Crippen molar-refractivity contribution in [2.75, 3.05) is 0 Å². The molecule has 0 aliphatic heterocycles. The molecule has 0 fully saturated rings. The fourth-order valence-corrected chi connectivity index (χ4v) is 5.91. The van der Waals surface area contributed by atoms with Crippen LogP contribution in [-0.4, -0.2) is 43.3 Å². The summed E-state index contributed by atoms with van der Waals surface area (Å²) >= 11 is 0. The molecule has 0 saturated carbocycles. The molecule has 10 heteroatoms. The molecule has 4 aromatic rings. The first-order valence-electron chi connectivity index (χ1n) is 16.8. The topological polar surface area (TPSA) is 134 Å². The first kappa shape index (κ1) is 34.7. The van der Waals surface area contributed by atoms with Gasteiger partial charge in [-0.3, -0.25) is 0 Å². The zero-order valence-electron chi connectivity index (χ0n) is 29.9. The van der Waals surface area contributed by atoms with Crippen molar-refractivity contribution in [3.8, 4) is 33.6 Å². The standard InChI is InChI=1S/C38H50N6O4/c1-21(2)30(43-35(45)47-37(5,6)7)33-39-20-29(41-33)24-13-11-23(12-14-24)25-15-17-27-26(19-25)16-18-28-32(27)42-34(40-28)31(22(3)4)44-36(46)48-38(8,9)10/h11-15,17,19-22,30-31H,16,18H2,1-10H3,(H,39,41)(H,40,42)(H,43,45)(H,44,46)/t30-,31-/m0/s1. The summed E-state index contributed by atoms with van der Waals surface area (Å²) < 4.78 is 11.0. The Hall–Kier alpha value is -4.60. The van der Waals surface area contributed by atoms with Gasteiger partial charge in [0.2, 0.25) is 0 Å². The summed E-state index contributed by atoms with van der Waals surface area (Å²) in [5.41, 5.74) is 7.31. The summed E-state index contributed by atoms with van der Waals surface area (Å²) in [5, 5.41) is 5.97. The van der Waals surface area contributed by atoms with Crippen molar-refractivity contribution < 1.29 is 19.1 Å². The van der Waals surface area contributed by atoms with E-state index in [4.69, 9.17) is 19.4 Å². The number of benzene rings is 2. The fraction of sp³-hybridized carbons (Fsp3) is 0.474. The minimum absolute atomic E-state index is 0.109. The first-order valence-corrected chi connectivity index (χ1v) is 16.8. The minimum atomic E-state index is -0.579. The number of carbonyl (C=O) groups excluding carboxylic acids is 2. The van der Waals surface area contributed by atoms with Gasteiger partial charge < -0.3 is 30.1 Å². The number of nitrogens with one attached hydrogen (secondary N) is 4. The molecule has 0 radical (unpaired) electrons. The van der Waals surface area contributed by atoms with Gasteiger partial charge in [0.05, 0.1) is 29.2 Å². The number of aromatic amines is 2. The molecule has 1 aliphatic rings. The lowest BCUT2D eigenvalue weighted by Gasteiger charge is -2.24. The van der Waals surface area contributed by atoms with Crippen LogP contribution in [0.3, 0.4) is 0 Å². The second-order valence-corrected chi connectivity index (χ2v) is 15.3. The highest BCUT2D eigenvalue weighted by atomic mass is 16.6. The third kappa shape index (κ3) is 8.27. The number of imidazole rings is 2. The summed E-state index contributed by atoms with van der Waals surface area (Å²) in [6.07, 6.45) is 2.66. The molecule has 10 nitrogen and oxygen atoms in total. The molecule has 2 atom stereocenters. The highest BCUT2D eigenvalue weighted by molar-refractivity contribution is 5.76. The van der Waals surface area contributed by atoms with E-state index in [2.05, 4.69) is 76.9 Å². The quantitative estimate of drug-likeness (QED) is 0.150. The number of hydrogen-bond donors (Lipinski definition) is 4. The molecule has 48 heavy (non-hydrogen) atoms. The lowest BCUT2D eigenvalue weighted by atomic mass is 9.89. The maximum Gasteiger partial charge on any atom is 0.408 e. The van der Waals surface area contributed by atoms with Crippen LogP contribution in [0.2, 0.25) is 0 Å². The first-order chi connectivity index (χ1) is 22.5. The average molecular weight is 655 g/mol. The molecule has 2 aromatic heterocycles. The molecule has 2 heterocycles. The van der Waals surface area contributed by atoms with Crippen LogP contribution in [0.15, 0.2) is 48.7 Å². The third-order valence-electron chi connectivity index (χ3n) is 8.18. The number of nitrogens with zero attached hydrogens (tertiary/aromatic N) is 2. The van der Waals surface area contributed by atoms with E-state index in [-0.39, 0.29) is 23.9 Å². The van der Waals surface area contributed by atoms with E-state index in [0.717, 1.165) is 58.0 Å². The number of alkyl carbamates (subject to hydrolysis) is 2. The highest BCUT2D eigenvalue weighted by Crippen LogP contribution is 2.37. The van der Waals surface area contributed by atoms with Gasteiger partial charge in [-0.05, 0) is 82.9 Å². The number of fused-ring (bicyclic) bond motifs is 3. The van der Waals surface area contributed by atoms with Gasteiger partial charge in [0.15, 0.2) is 0 Å². The molecular weight excluding hydrogens is 604 g/mol. The highest BCUT2D eigenvalue weighted by Gasteiger charge is 2.29.